The van der Waals surface area contributed by atoms with Crippen molar-refractivity contribution in [2.75, 3.05) is 5.32 Å². The summed E-state index contributed by atoms with van der Waals surface area (Å²) in [5.74, 6) is -0.222. The molecule has 0 radical (unpaired) electrons. The van der Waals surface area contributed by atoms with Crippen molar-refractivity contribution in [3.8, 4) is 5.75 Å². The molecule has 9 heteroatoms. The molecule has 1 N–H and O–H groups in total. The first-order chi connectivity index (χ1) is 9.86. The van der Waals surface area contributed by atoms with Crippen LogP contribution in [0, 0.1) is 0 Å². The minimum atomic E-state index is -2.97. The normalized spacial score (nSPS) is 11.0. The van der Waals surface area contributed by atoms with Crippen molar-refractivity contribution < 1.29 is 13.5 Å². The lowest BCUT2D eigenvalue weighted by atomic mass is 10.3. The molecule has 0 atom stereocenters. The summed E-state index contributed by atoms with van der Waals surface area (Å²) in [6, 6.07) is 4.95. The maximum atomic E-state index is 12.2. The molecule has 2 nitrogen and oxygen atoms in total. The number of alkyl halides is 2. The van der Waals surface area contributed by atoms with Crippen molar-refractivity contribution in [2.45, 2.75) is 13.2 Å². The van der Waals surface area contributed by atoms with Crippen LogP contribution < -0.4 is 10.1 Å². The first-order valence-electron chi connectivity index (χ1n) is 5.48. The Morgan fingerprint density at radius 3 is 2.29 bits per heavy atom. The molecule has 114 valence electrons. The second-order valence-corrected chi connectivity index (χ2v) is 7.96. The molecule has 2 rings (SSSR count). The molecule has 1 aromatic carbocycles. The van der Waals surface area contributed by atoms with E-state index in [1.54, 1.807) is 11.3 Å². The average molecular weight is 482 g/mol. The summed E-state index contributed by atoms with van der Waals surface area (Å²) in [4.78, 5) is 1.08. The van der Waals surface area contributed by atoms with Gasteiger partial charge < -0.3 is 10.1 Å². The summed E-state index contributed by atoms with van der Waals surface area (Å²) in [6.07, 6.45) is 0. The molecule has 0 unspecified atom stereocenters. The summed E-state index contributed by atoms with van der Waals surface area (Å²) in [5.41, 5.74) is 0.618. The molecule has 0 fully saturated rings. The van der Waals surface area contributed by atoms with Gasteiger partial charge in [0.1, 0.15) is 0 Å². The highest BCUT2D eigenvalue weighted by Gasteiger charge is 2.14. The van der Waals surface area contributed by atoms with E-state index in [2.05, 4.69) is 41.9 Å². The fourth-order valence-electron chi connectivity index (χ4n) is 1.53. The van der Waals surface area contributed by atoms with E-state index in [0.717, 1.165) is 13.1 Å². The highest BCUT2D eigenvalue weighted by atomic mass is 79.9. The molecule has 0 aliphatic carbocycles. The first-order valence-corrected chi connectivity index (χ1v) is 8.64. The van der Waals surface area contributed by atoms with Crippen LogP contribution in [0.3, 0.4) is 0 Å². The summed E-state index contributed by atoms with van der Waals surface area (Å²) in [5, 5.41) is 3.17. The molecular formula is C12H7Br2Cl2F2NOS. The van der Waals surface area contributed by atoms with Gasteiger partial charge in [0.05, 0.1) is 13.8 Å². The standard InChI is InChI=1S/C12H7Br2Cl2F2NOS/c13-7-3-6(21-11(7)14)4-19-5-1-8(15)10(9(16)2-5)20-12(17)18/h1-3,12,19H,4H2. The largest absolute Gasteiger partial charge is 0.432 e. The van der Waals surface area contributed by atoms with Gasteiger partial charge in [-0.15, -0.1) is 11.3 Å². The van der Waals surface area contributed by atoms with Gasteiger partial charge in [-0.05, 0) is 50.1 Å². The van der Waals surface area contributed by atoms with E-state index in [1.807, 2.05) is 6.07 Å². The van der Waals surface area contributed by atoms with Gasteiger partial charge in [-0.3, -0.25) is 0 Å². The van der Waals surface area contributed by atoms with Gasteiger partial charge >= 0.3 is 6.61 Å². The lowest BCUT2D eigenvalue weighted by molar-refractivity contribution is -0.0497. The minimum Gasteiger partial charge on any atom is -0.432 e. The molecule has 2 aromatic rings. The Kier molecular flexibility index (Phi) is 6.14. The fraction of sp³-hybridized carbons (Fsp3) is 0.167. The van der Waals surface area contributed by atoms with Crippen LogP contribution in [0.1, 0.15) is 4.88 Å². The zero-order valence-corrected chi connectivity index (χ0v) is 15.6. The van der Waals surface area contributed by atoms with E-state index in [4.69, 9.17) is 23.2 Å². The van der Waals surface area contributed by atoms with E-state index in [9.17, 15) is 8.78 Å². The smallest absolute Gasteiger partial charge is 0.387 e. The van der Waals surface area contributed by atoms with E-state index in [-0.39, 0.29) is 15.8 Å². The van der Waals surface area contributed by atoms with Gasteiger partial charge in [0.15, 0.2) is 5.75 Å². The number of benzene rings is 1. The second-order valence-electron chi connectivity index (χ2n) is 3.84. The molecule has 0 amide bonds. The SMILES string of the molecule is FC(F)Oc1c(Cl)cc(NCc2cc(Br)c(Br)s2)cc1Cl. The quantitative estimate of drug-likeness (QED) is 0.507. The first kappa shape index (κ1) is 17.3. The molecule has 0 aliphatic rings. The number of anilines is 1. The lowest BCUT2D eigenvalue weighted by Gasteiger charge is -2.12. The van der Waals surface area contributed by atoms with Crippen LogP contribution in [0.5, 0.6) is 5.75 Å². The Labute approximate surface area is 150 Å². The maximum absolute atomic E-state index is 12.2. The van der Waals surface area contributed by atoms with Gasteiger partial charge in [-0.25, -0.2) is 0 Å². The number of thiophene rings is 1. The van der Waals surface area contributed by atoms with Gasteiger partial charge in [-0.1, -0.05) is 23.2 Å². The number of halogens is 6. The Morgan fingerprint density at radius 1 is 1.19 bits per heavy atom. The molecule has 0 saturated carbocycles. The van der Waals surface area contributed by atoms with Crippen LogP contribution in [0.25, 0.3) is 0 Å². The maximum Gasteiger partial charge on any atom is 0.387 e. The summed E-state index contributed by atoms with van der Waals surface area (Å²) >= 11 is 20.2. The Hall–Kier alpha value is -0.0800. The van der Waals surface area contributed by atoms with Crippen LogP contribution >= 0.6 is 66.4 Å². The van der Waals surface area contributed by atoms with Crippen molar-refractivity contribution in [2.24, 2.45) is 0 Å². The number of nitrogens with one attached hydrogen (secondary N) is 1. The Bertz CT molecular complexity index is 612. The van der Waals surface area contributed by atoms with Crippen LogP contribution in [0.4, 0.5) is 14.5 Å². The van der Waals surface area contributed by atoms with E-state index >= 15 is 0 Å². The van der Waals surface area contributed by atoms with Crippen LogP contribution in [-0.2, 0) is 6.54 Å². The number of hydrogen-bond acceptors (Lipinski definition) is 3. The number of rotatable bonds is 5. The third-order valence-corrected chi connectivity index (χ3v) is 6.19. The highest BCUT2D eigenvalue weighted by molar-refractivity contribution is 9.13. The molecule has 1 heterocycles. The monoisotopic (exact) mass is 479 g/mol. The predicted octanol–water partition coefficient (Wildman–Crippen LogP) is 6.79. The molecule has 0 aliphatic heterocycles. The molecular weight excluding hydrogens is 475 g/mol. The molecule has 21 heavy (non-hydrogen) atoms. The van der Waals surface area contributed by atoms with Crippen molar-refractivity contribution in [3.63, 3.8) is 0 Å². The zero-order valence-electron chi connectivity index (χ0n) is 10.1. The molecule has 0 saturated heterocycles. The van der Waals surface area contributed by atoms with E-state index in [1.165, 1.54) is 12.1 Å². The predicted molar refractivity (Wildman–Crippen MR) is 90.1 cm³/mol. The number of hydrogen-bond donors (Lipinski definition) is 1. The van der Waals surface area contributed by atoms with Crippen LogP contribution in [0.2, 0.25) is 10.0 Å². The second kappa shape index (κ2) is 7.46. The highest BCUT2D eigenvalue weighted by Crippen LogP contribution is 2.37. The summed E-state index contributed by atoms with van der Waals surface area (Å²) < 4.78 is 30.7. The lowest BCUT2D eigenvalue weighted by Crippen LogP contribution is -2.04. The topological polar surface area (TPSA) is 21.3 Å². The van der Waals surface area contributed by atoms with Crippen molar-refractivity contribution >= 4 is 72.1 Å². The minimum absolute atomic E-state index is 0.0267. The summed E-state index contributed by atoms with van der Waals surface area (Å²) in [6.45, 7) is -2.42. The third kappa shape index (κ3) is 4.69. The van der Waals surface area contributed by atoms with Gasteiger partial charge in [-0.2, -0.15) is 8.78 Å². The van der Waals surface area contributed by atoms with Gasteiger partial charge in [0, 0.05) is 21.6 Å². The number of ether oxygens (including phenoxy) is 1. The molecule has 0 bridgehead atoms. The molecule has 1 aromatic heterocycles. The zero-order chi connectivity index (χ0) is 15.6. The average Bonchev–Trinajstić information content (AvgIpc) is 2.70. The molecule has 0 spiro atoms. The van der Waals surface area contributed by atoms with E-state index < -0.39 is 6.61 Å². The fourth-order valence-corrected chi connectivity index (χ4v) is 4.22. The Balaban J connectivity index is 2.10. The van der Waals surface area contributed by atoms with Crippen LogP contribution in [-0.4, -0.2) is 6.61 Å². The summed E-state index contributed by atoms with van der Waals surface area (Å²) in [7, 11) is 0. The third-order valence-electron chi connectivity index (χ3n) is 2.37. The Morgan fingerprint density at radius 2 is 1.81 bits per heavy atom. The van der Waals surface area contributed by atoms with Crippen LogP contribution in [0.15, 0.2) is 26.5 Å². The van der Waals surface area contributed by atoms with Gasteiger partial charge in [0.2, 0.25) is 0 Å². The van der Waals surface area contributed by atoms with Crippen molar-refractivity contribution in [1.29, 1.82) is 0 Å². The van der Waals surface area contributed by atoms with Crippen molar-refractivity contribution in [1.82, 2.24) is 0 Å². The van der Waals surface area contributed by atoms with Gasteiger partial charge in [0.25, 0.3) is 0 Å². The van der Waals surface area contributed by atoms with Crippen molar-refractivity contribution in [3.05, 3.63) is 41.4 Å². The van der Waals surface area contributed by atoms with E-state index in [0.29, 0.717) is 12.2 Å².